The normalized spacial score (nSPS) is 10.9. The van der Waals surface area contributed by atoms with Gasteiger partial charge in [-0.2, -0.15) is 0 Å². The third-order valence-corrected chi connectivity index (χ3v) is 2.90. The van der Waals surface area contributed by atoms with Gasteiger partial charge in [0, 0.05) is 17.1 Å². The number of H-pyrrole nitrogens is 1. The second-order valence-corrected chi connectivity index (χ2v) is 4.03. The van der Waals surface area contributed by atoms with Crippen molar-refractivity contribution >= 4 is 22.5 Å². The van der Waals surface area contributed by atoms with Crippen LogP contribution < -0.4 is 5.43 Å². The van der Waals surface area contributed by atoms with E-state index >= 15 is 0 Å². The van der Waals surface area contributed by atoms with Crippen molar-refractivity contribution in [1.82, 2.24) is 4.98 Å². The molecular formula is C12H12ClNO. The Labute approximate surface area is 92.9 Å². The molecule has 2 nitrogen and oxygen atoms in total. The van der Waals surface area contributed by atoms with Crippen LogP contribution in [0.5, 0.6) is 0 Å². The van der Waals surface area contributed by atoms with Crippen molar-refractivity contribution in [2.75, 3.05) is 0 Å². The van der Waals surface area contributed by atoms with E-state index in [0.717, 1.165) is 23.2 Å². The van der Waals surface area contributed by atoms with Crippen molar-refractivity contribution < 1.29 is 0 Å². The van der Waals surface area contributed by atoms with Gasteiger partial charge in [0.2, 0.25) is 0 Å². The molecule has 0 radical (unpaired) electrons. The molecule has 1 N–H and O–H groups in total. The number of pyridine rings is 1. The Morgan fingerprint density at radius 2 is 2.13 bits per heavy atom. The first-order valence-electron chi connectivity index (χ1n) is 4.94. The number of aryl methyl sites for hydroxylation is 2. The fraction of sp³-hybridized carbons (Fsp3) is 0.250. The van der Waals surface area contributed by atoms with Gasteiger partial charge in [0.05, 0.1) is 10.5 Å². The van der Waals surface area contributed by atoms with E-state index in [9.17, 15) is 4.79 Å². The third-order valence-electron chi connectivity index (χ3n) is 2.58. The molecule has 0 atom stereocenters. The predicted molar refractivity (Wildman–Crippen MR) is 63.7 cm³/mol. The van der Waals surface area contributed by atoms with E-state index in [1.54, 1.807) is 6.07 Å². The van der Waals surface area contributed by atoms with Gasteiger partial charge in [-0.1, -0.05) is 24.6 Å². The molecule has 1 aromatic heterocycles. The highest BCUT2D eigenvalue weighted by Gasteiger charge is 2.07. The van der Waals surface area contributed by atoms with Crippen molar-refractivity contribution in [1.29, 1.82) is 0 Å². The van der Waals surface area contributed by atoms with Crippen LogP contribution in [0.2, 0.25) is 5.02 Å². The van der Waals surface area contributed by atoms with Gasteiger partial charge in [-0.3, -0.25) is 4.79 Å². The Balaban J connectivity index is 2.97. The molecule has 78 valence electrons. The second kappa shape index (κ2) is 3.70. The van der Waals surface area contributed by atoms with Crippen molar-refractivity contribution in [2.24, 2.45) is 0 Å². The maximum Gasteiger partial charge on any atom is 0.189 e. The molecule has 0 saturated heterocycles. The van der Waals surface area contributed by atoms with Crippen LogP contribution in [-0.2, 0) is 6.42 Å². The number of halogens is 1. The first-order valence-corrected chi connectivity index (χ1v) is 5.32. The number of aromatic nitrogens is 1. The molecule has 2 aromatic rings. The predicted octanol–water partition coefficient (Wildman–Crippen LogP) is 3.05. The third kappa shape index (κ3) is 1.65. The Bertz CT molecular complexity index is 572. The van der Waals surface area contributed by atoms with Crippen LogP contribution in [0.15, 0.2) is 23.0 Å². The molecule has 0 aliphatic carbocycles. The molecule has 3 heteroatoms. The number of benzene rings is 1. The van der Waals surface area contributed by atoms with Crippen molar-refractivity contribution in [2.45, 2.75) is 20.3 Å². The maximum atomic E-state index is 11.9. The number of hydrogen-bond donors (Lipinski definition) is 1. The largest absolute Gasteiger partial charge is 0.357 e. The van der Waals surface area contributed by atoms with Gasteiger partial charge in [0.25, 0.3) is 0 Å². The number of hydrogen-bond acceptors (Lipinski definition) is 1. The van der Waals surface area contributed by atoms with E-state index < -0.39 is 0 Å². The zero-order valence-electron chi connectivity index (χ0n) is 8.73. The van der Waals surface area contributed by atoms with Gasteiger partial charge >= 0.3 is 0 Å². The summed E-state index contributed by atoms with van der Waals surface area (Å²) >= 11 is 6.06. The van der Waals surface area contributed by atoms with E-state index in [0.29, 0.717) is 10.4 Å². The van der Waals surface area contributed by atoms with Crippen LogP contribution >= 0.6 is 11.6 Å². The van der Waals surface area contributed by atoms with Gasteiger partial charge in [0.1, 0.15) is 0 Å². The lowest BCUT2D eigenvalue weighted by Gasteiger charge is -2.06. The van der Waals surface area contributed by atoms with Crippen molar-refractivity contribution in [3.05, 3.63) is 44.7 Å². The summed E-state index contributed by atoms with van der Waals surface area (Å²) in [5.41, 5.74) is 2.67. The highest BCUT2D eigenvalue weighted by atomic mass is 35.5. The Hall–Kier alpha value is -1.28. The summed E-state index contributed by atoms with van der Waals surface area (Å²) in [5, 5.41) is 1.29. The average Bonchev–Trinajstić information content (AvgIpc) is 2.23. The zero-order valence-corrected chi connectivity index (χ0v) is 9.48. The van der Waals surface area contributed by atoms with Crippen LogP contribution in [0, 0.1) is 6.92 Å². The molecular weight excluding hydrogens is 210 g/mol. The monoisotopic (exact) mass is 221 g/mol. The molecule has 0 bridgehead atoms. The zero-order chi connectivity index (χ0) is 11.0. The number of aromatic amines is 1. The molecule has 15 heavy (non-hydrogen) atoms. The SMILES string of the molecule is CCc1cc(=O)c2c(C)ccc(Cl)c2[nH]1. The topological polar surface area (TPSA) is 32.9 Å². The van der Waals surface area contributed by atoms with Gasteiger partial charge in [-0.25, -0.2) is 0 Å². The molecule has 0 aliphatic rings. The summed E-state index contributed by atoms with van der Waals surface area (Å²) in [6.07, 6.45) is 0.801. The highest BCUT2D eigenvalue weighted by molar-refractivity contribution is 6.35. The lowest BCUT2D eigenvalue weighted by atomic mass is 10.1. The van der Waals surface area contributed by atoms with E-state index in [-0.39, 0.29) is 5.43 Å². The molecule has 0 amide bonds. The lowest BCUT2D eigenvalue weighted by molar-refractivity contribution is 1.05. The molecule has 1 heterocycles. The quantitative estimate of drug-likeness (QED) is 0.789. The molecule has 0 unspecified atom stereocenters. The molecule has 0 spiro atoms. The molecule has 0 saturated carbocycles. The van der Waals surface area contributed by atoms with Crippen LogP contribution in [0.4, 0.5) is 0 Å². The lowest BCUT2D eigenvalue weighted by Crippen LogP contribution is -2.06. The Kier molecular flexibility index (Phi) is 2.53. The maximum absolute atomic E-state index is 11.9. The summed E-state index contributed by atoms with van der Waals surface area (Å²) in [6, 6.07) is 5.33. The first-order chi connectivity index (χ1) is 7.13. The van der Waals surface area contributed by atoms with Gasteiger partial charge < -0.3 is 4.98 Å². The average molecular weight is 222 g/mol. The molecule has 0 fully saturated rings. The van der Waals surface area contributed by atoms with Crippen molar-refractivity contribution in [3.8, 4) is 0 Å². The summed E-state index contributed by atoms with van der Waals surface area (Å²) < 4.78 is 0. The fourth-order valence-electron chi connectivity index (χ4n) is 1.74. The summed E-state index contributed by atoms with van der Waals surface area (Å²) in [5.74, 6) is 0. The molecule has 2 rings (SSSR count). The Morgan fingerprint density at radius 1 is 1.40 bits per heavy atom. The number of nitrogens with one attached hydrogen (secondary N) is 1. The van der Waals surface area contributed by atoms with E-state index in [1.165, 1.54) is 0 Å². The first kappa shape index (κ1) is 10.2. The van der Waals surface area contributed by atoms with E-state index in [4.69, 9.17) is 11.6 Å². The summed E-state index contributed by atoms with van der Waals surface area (Å²) in [7, 11) is 0. The van der Waals surface area contributed by atoms with E-state index in [2.05, 4.69) is 4.98 Å². The fourth-order valence-corrected chi connectivity index (χ4v) is 1.94. The minimum absolute atomic E-state index is 0.0422. The second-order valence-electron chi connectivity index (χ2n) is 3.63. The minimum Gasteiger partial charge on any atom is -0.357 e. The van der Waals surface area contributed by atoms with Crippen LogP contribution in [0.1, 0.15) is 18.2 Å². The minimum atomic E-state index is 0.0422. The van der Waals surface area contributed by atoms with Crippen LogP contribution in [0.25, 0.3) is 10.9 Å². The highest BCUT2D eigenvalue weighted by Crippen LogP contribution is 2.22. The van der Waals surface area contributed by atoms with Gasteiger partial charge in [-0.05, 0) is 25.0 Å². The number of fused-ring (bicyclic) bond motifs is 1. The van der Waals surface area contributed by atoms with Crippen LogP contribution in [0.3, 0.4) is 0 Å². The van der Waals surface area contributed by atoms with Crippen LogP contribution in [-0.4, -0.2) is 4.98 Å². The summed E-state index contributed by atoms with van der Waals surface area (Å²) in [4.78, 5) is 15.0. The Morgan fingerprint density at radius 3 is 2.80 bits per heavy atom. The van der Waals surface area contributed by atoms with E-state index in [1.807, 2.05) is 26.0 Å². The smallest absolute Gasteiger partial charge is 0.189 e. The molecule has 1 aromatic carbocycles. The van der Waals surface area contributed by atoms with Crippen molar-refractivity contribution in [3.63, 3.8) is 0 Å². The van der Waals surface area contributed by atoms with Gasteiger partial charge in [0.15, 0.2) is 5.43 Å². The molecule has 0 aliphatic heterocycles. The standard InChI is InChI=1S/C12H12ClNO/c1-3-8-6-10(15)11-7(2)4-5-9(13)12(11)14-8/h4-6H,3H2,1-2H3,(H,14,15). The van der Waals surface area contributed by atoms with Gasteiger partial charge in [-0.15, -0.1) is 0 Å². The number of rotatable bonds is 1. The summed E-state index contributed by atoms with van der Waals surface area (Å²) in [6.45, 7) is 3.92.